The number of carboxylic acid groups (broad SMARTS) is 1. The molecule has 0 bridgehead atoms. The van der Waals surface area contributed by atoms with Crippen LogP contribution in [0.5, 0.6) is 0 Å². The summed E-state index contributed by atoms with van der Waals surface area (Å²) in [5.41, 5.74) is 2.54. The van der Waals surface area contributed by atoms with Crippen molar-refractivity contribution in [3.8, 4) is 0 Å². The second kappa shape index (κ2) is 4.03. The fourth-order valence-corrected chi connectivity index (χ4v) is 3.53. The Bertz CT molecular complexity index is 712. The maximum absolute atomic E-state index is 11.3. The van der Waals surface area contributed by atoms with Crippen LogP contribution in [0, 0.1) is 5.92 Å². The predicted molar refractivity (Wildman–Crippen MR) is 73.9 cm³/mol. The molecular weight excluding hydrogens is 254 g/mol. The van der Waals surface area contributed by atoms with Crippen molar-refractivity contribution in [3.05, 3.63) is 41.6 Å². The molecule has 4 heteroatoms. The summed E-state index contributed by atoms with van der Waals surface area (Å²) in [5, 5.41) is 10.1. The average Bonchev–Trinajstić information content (AvgIpc) is 3.21. The molecule has 0 unspecified atom stereocenters. The first kappa shape index (κ1) is 11.9. The number of aromatic nitrogens is 1. The number of ether oxygens (including phenoxy) is 1. The molecule has 1 N–H and O–H groups in total. The van der Waals surface area contributed by atoms with Gasteiger partial charge in [-0.05, 0) is 42.5 Å². The molecule has 20 heavy (non-hydrogen) atoms. The summed E-state index contributed by atoms with van der Waals surface area (Å²) < 4.78 is 5.51. The normalized spacial score (nSPS) is 28.1. The molecule has 2 atom stereocenters. The van der Waals surface area contributed by atoms with Crippen LogP contribution < -0.4 is 0 Å². The Morgan fingerprint density at radius 3 is 3.10 bits per heavy atom. The van der Waals surface area contributed by atoms with Crippen LogP contribution in [0.15, 0.2) is 30.5 Å². The van der Waals surface area contributed by atoms with Crippen molar-refractivity contribution in [2.45, 2.75) is 18.3 Å². The van der Waals surface area contributed by atoms with Gasteiger partial charge in [0, 0.05) is 23.6 Å². The van der Waals surface area contributed by atoms with Crippen LogP contribution in [0.2, 0.25) is 0 Å². The molecule has 2 heterocycles. The first-order chi connectivity index (χ1) is 9.71. The first-order valence-electron chi connectivity index (χ1n) is 6.91. The van der Waals surface area contributed by atoms with E-state index in [4.69, 9.17) is 4.74 Å². The number of carbonyl (C=O) groups is 1. The zero-order chi connectivity index (χ0) is 13.7. The van der Waals surface area contributed by atoms with E-state index in [9.17, 15) is 9.90 Å². The van der Waals surface area contributed by atoms with Crippen LogP contribution in [0.3, 0.4) is 0 Å². The van der Waals surface area contributed by atoms with Gasteiger partial charge in [0.1, 0.15) is 0 Å². The Kier molecular flexibility index (Phi) is 2.39. The summed E-state index contributed by atoms with van der Waals surface area (Å²) in [6.07, 6.45) is 3.74. The number of fused-ring (bicyclic) bond motifs is 2. The van der Waals surface area contributed by atoms with Gasteiger partial charge in [0.2, 0.25) is 0 Å². The molecule has 0 radical (unpaired) electrons. The van der Waals surface area contributed by atoms with Crippen molar-refractivity contribution in [3.63, 3.8) is 0 Å². The van der Waals surface area contributed by atoms with Gasteiger partial charge < -0.3 is 9.84 Å². The Balaban J connectivity index is 1.86. The molecule has 102 valence electrons. The molecule has 1 aliphatic carbocycles. The van der Waals surface area contributed by atoms with Gasteiger partial charge >= 0.3 is 5.97 Å². The summed E-state index contributed by atoms with van der Waals surface area (Å²) >= 11 is 0. The van der Waals surface area contributed by atoms with E-state index in [-0.39, 0.29) is 5.41 Å². The lowest BCUT2D eigenvalue weighted by Crippen LogP contribution is -2.21. The summed E-state index contributed by atoms with van der Waals surface area (Å²) in [5.74, 6) is -0.301. The van der Waals surface area contributed by atoms with E-state index in [1.165, 1.54) is 5.56 Å². The third-order valence-electron chi connectivity index (χ3n) is 4.79. The fraction of sp³-hybridized carbons (Fsp3) is 0.375. The number of hydrogen-bond donors (Lipinski definition) is 1. The topological polar surface area (TPSA) is 59.4 Å². The van der Waals surface area contributed by atoms with E-state index in [1.807, 2.05) is 12.1 Å². The lowest BCUT2D eigenvalue weighted by Gasteiger charge is -2.23. The fourth-order valence-electron chi connectivity index (χ4n) is 3.53. The van der Waals surface area contributed by atoms with E-state index in [2.05, 4.69) is 11.1 Å². The Labute approximate surface area is 116 Å². The highest BCUT2D eigenvalue weighted by Crippen LogP contribution is 2.58. The molecule has 1 aliphatic heterocycles. The molecule has 1 aromatic carbocycles. The largest absolute Gasteiger partial charge is 0.478 e. The molecule has 4 nitrogen and oxygen atoms in total. The van der Waals surface area contributed by atoms with Gasteiger partial charge in [-0.2, -0.15) is 0 Å². The van der Waals surface area contributed by atoms with Crippen LogP contribution >= 0.6 is 0 Å². The van der Waals surface area contributed by atoms with Gasteiger partial charge in [0.25, 0.3) is 0 Å². The zero-order valence-corrected chi connectivity index (χ0v) is 11.0. The highest BCUT2D eigenvalue weighted by molar-refractivity contribution is 6.02. The van der Waals surface area contributed by atoms with E-state index in [0.29, 0.717) is 11.5 Å². The molecule has 2 aliphatic rings. The molecule has 1 saturated carbocycles. The van der Waals surface area contributed by atoms with E-state index < -0.39 is 5.97 Å². The minimum atomic E-state index is -0.897. The van der Waals surface area contributed by atoms with Crippen LogP contribution in [0.1, 0.15) is 28.8 Å². The first-order valence-corrected chi connectivity index (χ1v) is 6.91. The molecule has 0 amide bonds. The van der Waals surface area contributed by atoms with Crippen LogP contribution in [-0.2, 0) is 10.2 Å². The summed E-state index contributed by atoms with van der Waals surface area (Å²) in [7, 11) is 0. The minimum Gasteiger partial charge on any atom is -0.478 e. The maximum Gasteiger partial charge on any atom is 0.336 e. The highest BCUT2D eigenvalue weighted by atomic mass is 16.5. The standard InChI is InChI=1S/C16H15NO3/c18-15(19)12-3-5-17-14-2-1-10(7-13(12)14)16-4-6-20-9-11(16)8-16/h1-3,5,7,11H,4,6,8-9H2,(H,18,19)/t11-,16-/m0/s1. The van der Waals surface area contributed by atoms with Crippen LogP contribution in [0.4, 0.5) is 0 Å². The monoisotopic (exact) mass is 269 g/mol. The van der Waals surface area contributed by atoms with Crippen LogP contribution in [-0.4, -0.2) is 29.3 Å². The molecule has 1 saturated heterocycles. The van der Waals surface area contributed by atoms with Crippen molar-refractivity contribution >= 4 is 16.9 Å². The van der Waals surface area contributed by atoms with Crippen molar-refractivity contribution in [2.24, 2.45) is 5.92 Å². The van der Waals surface area contributed by atoms with Gasteiger partial charge in [-0.3, -0.25) is 4.98 Å². The molecule has 1 aromatic heterocycles. The second-order valence-electron chi connectivity index (χ2n) is 5.78. The Morgan fingerprint density at radius 2 is 2.30 bits per heavy atom. The molecular formula is C16H15NO3. The number of pyridine rings is 1. The highest BCUT2D eigenvalue weighted by Gasteiger charge is 2.56. The van der Waals surface area contributed by atoms with E-state index in [1.54, 1.807) is 12.3 Å². The van der Waals surface area contributed by atoms with Gasteiger partial charge in [-0.1, -0.05) is 6.07 Å². The van der Waals surface area contributed by atoms with E-state index >= 15 is 0 Å². The number of rotatable bonds is 2. The van der Waals surface area contributed by atoms with Gasteiger partial charge in [0.15, 0.2) is 0 Å². The van der Waals surface area contributed by atoms with Crippen molar-refractivity contribution in [1.29, 1.82) is 0 Å². The lowest BCUT2D eigenvalue weighted by molar-refractivity contribution is 0.0698. The number of hydrogen-bond acceptors (Lipinski definition) is 3. The van der Waals surface area contributed by atoms with Gasteiger partial charge in [-0.25, -0.2) is 4.79 Å². The molecule has 0 spiro atoms. The van der Waals surface area contributed by atoms with Crippen LogP contribution in [0.25, 0.3) is 10.9 Å². The minimum absolute atomic E-state index is 0.220. The average molecular weight is 269 g/mol. The van der Waals surface area contributed by atoms with Gasteiger partial charge in [0.05, 0.1) is 17.7 Å². The number of nitrogens with zero attached hydrogens (tertiary/aromatic N) is 1. The Hall–Kier alpha value is -1.94. The maximum atomic E-state index is 11.3. The number of carboxylic acids is 1. The number of benzene rings is 1. The van der Waals surface area contributed by atoms with Crippen molar-refractivity contribution < 1.29 is 14.6 Å². The van der Waals surface area contributed by atoms with Crippen molar-refractivity contribution in [1.82, 2.24) is 4.98 Å². The Morgan fingerprint density at radius 1 is 1.40 bits per heavy atom. The number of aromatic carboxylic acids is 1. The summed E-state index contributed by atoms with van der Waals surface area (Å²) in [4.78, 5) is 15.6. The third-order valence-corrected chi connectivity index (χ3v) is 4.79. The lowest BCUT2D eigenvalue weighted by atomic mass is 9.88. The van der Waals surface area contributed by atoms with Gasteiger partial charge in [-0.15, -0.1) is 0 Å². The summed E-state index contributed by atoms with van der Waals surface area (Å²) in [6, 6.07) is 7.64. The quantitative estimate of drug-likeness (QED) is 0.910. The van der Waals surface area contributed by atoms with Crippen molar-refractivity contribution in [2.75, 3.05) is 13.2 Å². The molecule has 4 rings (SSSR count). The summed E-state index contributed by atoms with van der Waals surface area (Å²) in [6.45, 7) is 1.63. The smallest absolute Gasteiger partial charge is 0.336 e. The molecule has 2 aromatic rings. The third kappa shape index (κ3) is 1.58. The predicted octanol–water partition coefficient (Wildman–Crippen LogP) is 2.61. The molecule has 2 fully saturated rings. The van der Waals surface area contributed by atoms with E-state index in [0.717, 1.165) is 37.0 Å². The SMILES string of the molecule is O=C(O)c1ccnc2ccc([C@@]34CCOC[C@@H]3C4)cc12. The second-order valence-corrected chi connectivity index (χ2v) is 5.78. The zero-order valence-electron chi connectivity index (χ0n) is 11.0.